The van der Waals surface area contributed by atoms with Gasteiger partial charge in [0.05, 0.1) is 18.8 Å². The molecule has 0 saturated carbocycles. The number of aromatic nitrogens is 1. The second-order valence-electron chi connectivity index (χ2n) is 10.3. The molecule has 1 amide bonds. The molecular weight excluding hydrogens is 477 g/mol. The largest absolute Gasteiger partial charge is 0.433 e. The molecule has 8 nitrogen and oxygen atoms in total. The van der Waals surface area contributed by atoms with Crippen LogP contribution >= 0.6 is 0 Å². The zero-order chi connectivity index (χ0) is 26.2. The topological polar surface area (TPSA) is 87.2 Å². The third-order valence-electron chi connectivity index (χ3n) is 6.79. The molecule has 3 heterocycles. The van der Waals surface area contributed by atoms with Crippen LogP contribution in [-0.2, 0) is 26.9 Å². The van der Waals surface area contributed by atoms with Crippen molar-refractivity contribution in [2.24, 2.45) is 0 Å². The van der Waals surface area contributed by atoms with E-state index in [1.54, 1.807) is 13.8 Å². The van der Waals surface area contributed by atoms with Gasteiger partial charge in [-0.1, -0.05) is 6.07 Å². The van der Waals surface area contributed by atoms with Crippen molar-refractivity contribution in [3.8, 4) is 0 Å². The van der Waals surface area contributed by atoms with Gasteiger partial charge in [0.25, 0.3) is 0 Å². The van der Waals surface area contributed by atoms with Crippen molar-refractivity contribution < 1.29 is 32.5 Å². The van der Waals surface area contributed by atoms with Crippen LogP contribution in [0, 0.1) is 0 Å². The lowest BCUT2D eigenvalue weighted by Gasteiger charge is -2.49. The molecule has 0 atom stereocenters. The van der Waals surface area contributed by atoms with Crippen LogP contribution in [0.2, 0.25) is 0 Å². The van der Waals surface area contributed by atoms with Crippen molar-refractivity contribution in [2.45, 2.75) is 56.8 Å². The third kappa shape index (κ3) is 8.95. The van der Waals surface area contributed by atoms with Crippen LogP contribution < -0.4 is 5.32 Å². The Labute approximate surface area is 211 Å². The molecule has 0 aromatic carbocycles. The van der Waals surface area contributed by atoms with Gasteiger partial charge in [0, 0.05) is 70.1 Å². The summed E-state index contributed by atoms with van der Waals surface area (Å²) in [5.74, 6) is -0.192. The SMILES string of the molecule is CC(C)(O)COCCN1CCN(C2(CNC(=O)CCc3cccc(C(F)(F)F)n3)CCOCC2)CC1. The number of nitrogens with one attached hydrogen (secondary N) is 1. The van der Waals surface area contributed by atoms with Crippen LogP contribution in [0.4, 0.5) is 13.2 Å². The summed E-state index contributed by atoms with van der Waals surface area (Å²) in [6.07, 6.45) is -2.63. The summed E-state index contributed by atoms with van der Waals surface area (Å²) < 4.78 is 49.8. The number of alkyl halides is 3. The normalized spacial score (nSPS) is 19.8. The van der Waals surface area contributed by atoms with Crippen LogP contribution in [0.1, 0.15) is 44.5 Å². The van der Waals surface area contributed by atoms with Gasteiger partial charge >= 0.3 is 6.18 Å². The van der Waals surface area contributed by atoms with Gasteiger partial charge in [-0.05, 0) is 45.2 Å². The molecule has 2 aliphatic rings. The van der Waals surface area contributed by atoms with E-state index in [1.165, 1.54) is 12.1 Å². The fourth-order valence-corrected chi connectivity index (χ4v) is 4.69. The molecular formula is C25H39F3N4O4. The quantitative estimate of drug-likeness (QED) is 0.436. The summed E-state index contributed by atoms with van der Waals surface area (Å²) in [4.78, 5) is 21.0. The van der Waals surface area contributed by atoms with E-state index >= 15 is 0 Å². The van der Waals surface area contributed by atoms with Gasteiger partial charge < -0.3 is 19.9 Å². The maximum atomic E-state index is 12.9. The number of aryl methyl sites for hydroxylation is 1. The van der Waals surface area contributed by atoms with Crippen LogP contribution in [0.25, 0.3) is 0 Å². The van der Waals surface area contributed by atoms with Gasteiger partial charge in [-0.25, -0.2) is 4.98 Å². The van der Waals surface area contributed by atoms with E-state index in [1.807, 2.05) is 0 Å². The minimum absolute atomic E-state index is 0.0827. The average Bonchev–Trinajstić information content (AvgIpc) is 2.84. The van der Waals surface area contributed by atoms with E-state index in [-0.39, 0.29) is 30.0 Å². The average molecular weight is 517 g/mol. The summed E-state index contributed by atoms with van der Waals surface area (Å²) in [5.41, 5.74) is -1.71. The highest BCUT2D eigenvalue weighted by molar-refractivity contribution is 5.76. The number of carbonyl (C=O) groups is 1. The molecule has 36 heavy (non-hydrogen) atoms. The first-order valence-electron chi connectivity index (χ1n) is 12.6. The number of rotatable bonds is 11. The first-order valence-corrected chi connectivity index (χ1v) is 12.6. The fraction of sp³-hybridized carbons (Fsp3) is 0.760. The molecule has 2 fully saturated rings. The van der Waals surface area contributed by atoms with Crippen molar-refractivity contribution in [1.82, 2.24) is 20.1 Å². The minimum Gasteiger partial charge on any atom is -0.388 e. The van der Waals surface area contributed by atoms with Crippen molar-refractivity contribution in [1.29, 1.82) is 0 Å². The maximum absolute atomic E-state index is 12.9. The van der Waals surface area contributed by atoms with Gasteiger partial charge in [0.15, 0.2) is 0 Å². The number of carbonyl (C=O) groups excluding carboxylic acids is 1. The number of aliphatic hydroxyl groups is 1. The molecule has 0 bridgehead atoms. The number of halogens is 3. The molecule has 0 unspecified atom stereocenters. The Balaban J connectivity index is 1.46. The van der Waals surface area contributed by atoms with Crippen molar-refractivity contribution in [3.63, 3.8) is 0 Å². The fourth-order valence-electron chi connectivity index (χ4n) is 4.69. The number of nitrogens with zero attached hydrogens (tertiary/aromatic N) is 3. The predicted molar refractivity (Wildman–Crippen MR) is 128 cm³/mol. The third-order valence-corrected chi connectivity index (χ3v) is 6.79. The number of amides is 1. The highest BCUT2D eigenvalue weighted by atomic mass is 19.4. The summed E-state index contributed by atoms with van der Waals surface area (Å²) >= 11 is 0. The highest BCUT2D eigenvalue weighted by Gasteiger charge is 2.40. The zero-order valence-electron chi connectivity index (χ0n) is 21.3. The minimum atomic E-state index is -4.50. The summed E-state index contributed by atoms with van der Waals surface area (Å²) in [5, 5.41) is 12.8. The summed E-state index contributed by atoms with van der Waals surface area (Å²) in [6.45, 7) is 10.4. The monoisotopic (exact) mass is 516 g/mol. The molecule has 0 spiro atoms. The Hall–Kier alpha value is -1.79. The van der Waals surface area contributed by atoms with Crippen LogP contribution in [0.3, 0.4) is 0 Å². The van der Waals surface area contributed by atoms with E-state index in [0.29, 0.717) is 33.0 Å². The Morgan fingerprint density at radius 3 is 2.53 bits per heavy atom. The number of hydrogen-bond acceptors (Lipinski definition) is 7. The predicted octanol–water partition coefficient (Wildman–Crippen LogP) is 2.10. The van der Waals surface area contributed by atoms with E-state index in [4.69, 9.17) is 9.47 Å². The Kier molecular flexibility index (Phi) is 10.1. The van der Waals surface area contributed by atoms with E-state index in [0.717, 1.165) is 51.6 Å². The number of hydrogen-bond donors (Lipinski definition) is 2. The molecule has 1 aromatic rings. The Morgan fingerprint density at radius 2 is 1.89 bits per heavy atom. The molecule has 0 radical (unpaired) electrons. The van der Waals surface area contributed by atoms with Gasteiger partial charge in [-0.3, -0.25) is 14.6 Å². The highest BCUT2D eigenvalue weighted by Crippen LogP contribution is 2.29. The van der Waals surface area contributed by atoms with Gasteiger partial charge in [0.2, 0.25) is 5.91 Å². The molecule has 1 aromatic heterocycles. The maximum Gasteiger partial charge on any atom is 0.433 e. The van der Waals surface area contributed by atoms with Crippen molar-refractivity contribution in [2.75, 3.05) is 65.7 Å². The lowest BCUT2D eigenvalue weighted by Crippen LogP contribution is -2.63. The molecule has 0 aliphatic carbocycles. The van der Waals surface area contributed by atoms with Crippen molar-refractivity contribution in [3.05, 3.63) is 29.6 Å². The van der Waals surface area contributed by atoms with Gasteiger partial charge in [-0.2, -0.15) is 13.2 Å². The first-order chi connectivity index (χ1) is 17.0. The molecule has 3 rings (SSSR count). The molecule has 204 valence electrons. The summed E-state index contributed by atoms with van der Waals surface area (Å²) in [7, 11) is 0. The van der Waals surface area contributed by atoms with Crippen LogP contribution in [0.5, 0.6) is 0 Å². The Bertz CT molecular complexity index is 833. The lowest BCUT2D eigenvalue weighted by atomic mass is 9.87. The number of ether oxygens (including phenoxy) is 2. The molecule has 2 saturated heterocycles. The summed E-state index contributed by atoms with van der Waals surface area (Å²) in [6, 6.07) is 3.76. The second kappa shape index (κ2) is 12.6. The Morgan fingerprint density at radius 1 is 1.19 bits per heavy atom. The standard InChI is InChI=1S/C25H39F3N4O4/c1-23(2,34)19-36-17-14-31-10-12-32(13-11-31)24(8-15-35-16-9-24)18-29-22(33)7-6-20-4-3-5-21(30-20)25(26,27)28/h3-5,34H,6-19H2,1-2H3,(H,29,33). The number of piperazine rings is 1. The van der Waals surface area contributed by atoms with E-state index in [2.05, 4.69) is 20.1 Å². The second-order valence-corrected chi connectivity index (χ2v) is 10.3. The zero-order valence-corrected chi connectivity index (χ0v) is 21.3. The molecule has 11 heteroatoms. The lowest BCUT2D eigenvalue weighted by molar-refractivity contribution is -0.141. The van der Waals surface area contributed by atoms with E-state index in [9.17, 15) is 23.1 Å². The first kappa shape index (κ1) is 28.8. The smallest absolute Gasteiger partial charge is 0.388 e. The molecule has 2 aliphatic heterocycles. The number of pyridine rings is 1. The van der Waals surface area contributed by atoms with Crippen LogP contribution in [0.15, 0.2) is 18.2 Å². The van der Waals surface area contributed by atoms with Gasteiger partial charge in [-0.15, -0.1) is 0 Å². The van der Waals surface area contributed by atoms with Gasteiger partial charge in [0.1, 0.15) is 5.69 Å². The van der Waals surface area contributed by atoms with E-state index < -0.39 is 17.5 Å². The van der Waals surface area contributed by atoms with Crippen LogP contribution in [-0.4, -0.2) is 103 Å². The van der Waals surface area contributed by atoms with Crippen molar-refractivity contribution >= 4 is 5.91 Å². The molecule has 2 N–H and O–H groups in total.